The first-order valence-corrected chi connectivity index (χ1v) is 6.11. The molecular weight excluding hydrogens is 242 g/mol. The van der Waals surface area contributed by atoms with Crippen molar-refractivity contribution >= 4 is 17.4 Å². The van der Waals surface area contributed by atoms with E-state index in [1.807, 2.05) is 6.92 Å². The van der Waals surface area contributed by atoms with Crippen LogP contribution in [0.3, 0.4) is 0 Å². The molecule has 0 amide bonds. The summed E-state index contributed by atoms with van der Waals surface area (Å²) in [6.45, 7) is 3.49. The molecule has 0 bridgehead atoms. The maximum Gasteiger partial charge on any atom is 0.189 e. The van der Waals surface area contributed by atoms with Gasteiger partial charge in [0.15, 0.2) is 5.78 Å². The van der Waals surface area contributed by atoms with Crippen molar-refractivity contribution in [2.75, 3.05) is 13.2 Å². The molecule has 6 heteroatoms. The average Bonchev–Trinajstić information content (AvgIpc) is 2.86. The zero-order valence-electron chi connectivity index (χ0n) is 9.73. The highest BCUT2D eigenvalue weighted by Crippen LogP contribution is 2.23. The van der Waals surface area contributed by atoms with E-state index in [0.717, 1.165) is 6.42 Å². The summed E-state index contributed by atoms with van der Waals surface area (Å²) in [5.41, 5.74) is 6.30. The molecule has 0 aromatic carbocycles. The van der Waals surface area contributed by atoms with Gasteiger partial charge in [0.05, 0.1) is 30.4 Å². The summed E-state index contributed by atoms with van der Waals surface area (Å²) in [4.78, 5) is 12.3. The molecule has 5 nitrogen and oxygen atoms in total. The molecule has 2 atom stereocenters. The van der Waals surface area contributed by atoms with Crippen LogP contribution in [-0.4, -0.2) is 34.8 Å². The van der Waals surface area contributed by atoms with Crippen molar-refractivity contribution in [1.82, 2.24) is 9.78 Å². The van der Waals surface area contributed by atoms with E-state index < -0.39 is 0 Å². The van der Waals surface area contributed by atoms with E-state index in [1.54, 1.807) is 4.68 Å². The number of hydrogen-bond donors (Lipinski definition) is 1. The zero-order valence-corrected chi connectivity index (χ0v) is 10.5. The number of rotatable bonds is 4. The lowest BCUT2D eigenvalue weighted by molar-refractivity contribution is 0.0885. The van der Waals surface area contributed by atoms with Crippen LogP contribution in [0.4, 0.5) is 0 Å². The summed E-state index contributed by atoms with van der Waals surface area (Å²) in [7, 11) is 0. The van der Waals surface area contributed by atoms with Crippen LogP contribution in [0.15, 0.2) is 6.20 Å². The predicted octanol–water partition coefficient (Wildman–Crippen LogP) is 1.10. The molecule has 2 rings (SSSR count). The van der Waals surface area contributed by atoms with E-state index in [9.17, 15) is 4.79 Å². The van der Waals surface area contributed by atoms with E-state index in [1.165, 1.54) is 6.20 Å². The van der Waals surface area contributed by atoms with Gasteiger partial charge in [0.25, 0.3) is 0 Å². The zero-order chi connectivity index (χ0) is 12.4. The monoisotopic (exact) mass is 257 g/mol. The van der Waals surface area contributed by atoms with Gasteiger partial charge in [-0.05, 0) is 6.42 Å². The van der Waals surface area contributed by atoms with Crippen molar-refractivity contribution in [3.63, 3.8) is 0 Å². The topological polar surface area (TPSA) is 70.1 Å². The highest BCUT2D eigenvalue weighted by molar-refractivity contribution is 6.33. The van der Waals surface area contributed by atoms with E-state index in [2.05, 4.69) is 5.10 Å². The number of ketones is 1. The maximum absolute atomic E-state index is 12.3. The number of ether oxygens (including phenoxy) is 1. The average molecular weight is 258 g/mol. The standard InChI is InChI=1S/C11H16ClN3O2/c1-2-3-15-10(8(12)4-14-15)11(16)7-5-17-6-9(7)13/h4,7,9H,2-3,5-6,13H2,1H3. The fourth-order valence-electron chi connectivity index (χ4n) is 2.01. The molecule has 2 unspecified atom stereocenters. The third-order valence-corrected chi connectivity index (χ3v) is 3.20. The molecule has 0 spiro atoms. The van der Waals surface area contributed by atoms with Crippen molar-refractivity contribution in [3.8, 4) is 0 Å². The van der Waals surface area contributed by atoms with Crippen LogP contribution in [0.5, 0.6) is 0 Å². The van der Waals surface area contributed by atoms with Crippen LogP contribution < -0.4 is 5.73 Å². The number of carbonyl (C=O) groups excluding carboxylic acids is 1. The Bertz CT molecular complexity index is 419. The molecule has 0 saturated carbocycles. The van der Waals surface area contributed by atoms with Gasteiger partial charge in [0.2, 0.25) is 0 Å². The summed E-state index contributed by atoms with van der Waals surface area (Å²) in [5.74, 6) is -0.370. The number of Topliss-reactive ketones (excluding diaryl/α,β-unsaturated/α-hetero) is 1. The minimum Gasteiger partial charge on any atom is -0.379 e. The molecule has 1 aliphatic heterocycles. The van der Waals surface area contributed by atoms with Crippen LogP contribution in [0.1, 0.15) is 23.8 Å². The molecule has 1 aromatic heterocycles. The lowest BCUT2D eigenvalue weighted by atomic mass is 9.97. The Morgan fingerprint density at radius 1 is 1.71 bits per heavy atom. The maximum atomic E-state index is 12.3. The number of nitrogens with two attached hydrogens (primary N) is 1. The quantitative estimate of drug-likeness (QED) is 0.820. The molecule has 1 aromatic rings. The molecule has 17 heavy (non-hydrogen) atoms. The summed E-state index contributed by atoms with van der Waals surface area (Å²) in [6, 6.07) is -0.247. The van der Waals surface area contributed by atoms with E-state index in [-0.39, 0.29) is 17.7 Å². The first-order chi connectivity index (χ1) is 8.15. The second-order valence-electron chi connectivity index (χ2n) is 4.24. The van der Waals surface area contributed by atoms with Crippen molar-refractivity contribution in [3.05, 3.63) is 16.9 Å². The van der Waals surface area contributed by atoms with Crippen LogP contribution >= 0.6 is 11.6 Å². The Morgan fingerprint density at radius 3 is 3.06 bits per heavy atom. The van der Waals surface area contributed by atoms with Gasteiger partial charge in [-0.2, -0.15) is 5.10 Å². The van der Waals surface area contributed by atoms with Crippen LogP contribution in [0.2, 0.25) is 5.02 Å². The third-order valence-electron chi connectivity index (χ3n) is 2.92. The number of carbonyl (C=O) groups is 1. The van der Waals surface area contributed by atoms with Crippen molar-refractivity contribution < 1.29 is 9.53 Å². The predicted molar refractivity (Wildman–Crippen MR) is 64.1 cm³/mol. The second kappa shape index (κ2) is 5.16. The summed E-state index contributed by atoms with van der Waals surface area (Å²) >= 11 is 6.02. The van der Waals surface area contributed by atoms with Crippen LogP contribution in [-0.2, 0) is 11.3 Å². The molecule has 1 fully saturated rings. The van der Waals surface area contributed by atoms with Crippen LogP contribution in [0.25, 0.3) is 0 Å². The van der Waals surface area contributed by atoms with Gasteiger partial charge in [-0.25, -0.2) is 0 Å². The fourth-order valence-corrected chi connectivity index (χ4v) is 2.24. The number of nitrogens with zero attached hydrogens (tertiary/aromatic N) is 2. The number of aryl methyl sites for hydroxylation is 1. The van der Waals surface area contributed by atoms with Gasteiger partial charge in [-0.1, -0.05) is 18.5 Å². The Balaban J connectivity index is 2.26. The summed E-state index contributed by atoms with van der Waals surface area (Å²) < 4.78 is 6.86. The Hall–Kier alpha value is -0.910. The smallest absolute Gasteiger partial charge is 0.189 e. The summed E-state index contributed by atoms with van der Waals surface area (Å²) in [6.07, 6.45) is 2.40. The fraction of sp³-hybridized carbons (Fsp3) is 0.636. The lowest BCUT2D eigenvalue weighted by Crippen LogP contribution is -2.35. The first kappa shape index (κ1) is 12.5. The highest BCUT2D eigenvalue weighted by Gasteiger charge is 2.34. The van der Waals surface area contributed by atoms with E-state index in [0.29, 0.717) is 30.5 Å². The molecular formula is C11H16ClN3O2. The SMILES string of the molecule is CCCn1ncc(Cl)c1C(=O)C1COCC1N. The minimum atomic E-state index is -0.306. The molecule has 0 aliphatic carbocycles. The van der Waals surface area contributed by atoms with Gasteiger partial charge in [-0.15, -0.1) is 0 Å². The second-order valence-corrected chi connectivity index (χ2v) is 4.64. The largest absolute Gasteiger partial charge is 0.379 e. The molecule has 2 heterocycles. The van der Waals surface area contributed by atoms with Crippen LogP contribution in [0, 0.1) is 5.92 Å². The summed E-state index contributed by atoms with van der Waals surface area (Å²) in [5, 5.41) is 4.50. The third kappa shape index (κ3) is 2.36. The van der Waals surface area contributed by atoms with Crippen molar-refractivity contribution in [2.24, 2.45) is 11.7 Å². The number of halogens is 1. The van der Waals surface area contributed by atoms with Crippen molar-refractivity contribution in [2.45, 2.75) is 25.9 Å². The molecule has 94 valence electrons. The molecule has 1 saturated heterocycles. The van der Waals surface area contributed by atoms with Gasteiger partial charge >= 0.3 is 0 Å². The Morgan fingerprint density at radius 2 is 2.47 bits per heavy atom. The highest BCUT2D eigenvalue weighted by atomic mass is 35.5. The minimum absolute atomic E-state index is 0.0639. The van der Waals surface area contributed by atoms with Gasteiger partial charge < -0.3 is 10.5 Å². The van der Waals surface area contributed by atoms with Gasteiger partial charge in [0.1, 0.15) is 5.69 Å². The number of hydrogen-bond acceptors (Lipinski definition) is 4. The normalized spacial score (nSPS) is 24.2. The van der Waals surface area contributed by atoms with Gasteiger partial charge in [0, 0.05) is 12.6 Å². The van der Waals surface area contributed by atoms with Gasteiger partial charge in [-0.3, -0.25) is 9.48 Å². The van der Waals surface area contributed by atoms with E-state index >= 15 is 0 Å². The lowest BCUT2D eigenvalue weighted by Gasteiger charge is -2.13. The molecule has 2 N–H and O–H groups in total. The molecule has 0 radical (unpaired) electrons. The first-order valence-electron chi connectivity index (χ1n) is 5.74. The Labute approximate surface area is 105 Å². The van der Waals surface area contributed by atoms with E-state index in [4.69, 9.17) is 22.1 Å². The molecule has 1 aliphatic rings. The van der Waals surface area contributed by atoms with Crippen molar-refractivity contribution in [1.29, 1.82) is 0 Å². The Kier molecular flexibility index (Phi) is 3.81. The number of aromatic nitrogens is 2.